The fourth-order valence-corrected chi connectivity index (χ4v) is 2.42. The summed E-state index contributed by atoms with van der Waals surface area (Å²) in [6.45, 7) is 6.26. The van der Waals surface area contributed by atoms with Gasteiger partial charge in [-0.2, -0.15) is 0 Å². The van der Waals surface area contributed by atoms with Crippen LogP contribution in [0.2, 0.25) is 0 Å². The molecule has 3 heteroatoms. The van der Waals surface area contributed by atoms with E-state index in [0.29, 0.717) is 5.33 Å². The van der Waals surface area contributed by atoms with Gasteiger partial charge >= 0.3 is 0 Å². The van der Waals surface area contributed by atoms with Crippen LogP contribution in [0.15, 0.2) is 18.2 Å². The Hall–Kier alpha value is -0.570. The number of anilines is 1. The standard InChI is InChI=1S/C13H19BrFN/c1-3-8-16(9-4-2)13-7-5-6-12(15)11(13)10-14/h5-7H,3-4,8-10H2,1-2H3. The molecule has 90 valence electrons. The summed E-state index contributed by atoms with van der Waals surface area (Å²) in [5.74, 6) is -0.119. The molecule has 0 aliphatic rings. The van der Waals surface area contributed by atoms with Crippen molar-refractivity contribution in [1.82, 2.24) is 0 Å². The average Bonchev–Trinajstić information content (AvgIpc) is 2.28. The summed E-state index contributed by atoms with van der Waals surface area (Å²) < 4.78 is 13.6. The highest BCUT2D eigenvalue weighted by atomic mass is 79.9. The summed E-state index contributed by atoms with van der Waals surface area (Å²) in [6, 6.07) is 5.32. The Balaban J connectivity index is 3.02. The van der Waals surface area contributed by atoms with Crippen LogP contribution in [0, 0.1) is 5.82 Å². The van der Waals surface area contributed by atoms with Gasteiger partial charge in [0.2, 0.25) is 0 Å². The monoisotopic (exact) mass is 287 g/mol. The SMILES string of the molecule is CCCN(CCC)c1cccc(F)c1CBr. The molecule has 0 amide bonds. The van der Waals surface area contributed by atoms with Crippen LogP contribution in [0.4, 0.5) is 10.1 Å². The van der Waals surface area contributed by atoms with E-state index in [4.69, 9.17) is 0 Å². The first-order valence-corrected chi connectivity index (χ1v) is 6.95. The van der Waals surface area contributed by atoms with Crippen LogP contribution in [-0.2, 0) is 5.33 Å². The third-order valence-electron chi connectivity index (χ3n) is 2.56. The molecule has 1 aromatic rings. The van der Waals surface area contributed by atoms with E-state index in [1.54, 1.807) is 6.07 Å². The third kappa shape index (κ3) is 3.21. The quantitative estimate of drug-likeness (QED) is 0.703. The van der Waals surface area contributed by atoms with Crippen molar-refractivity contribution in [3.63, 3.8) is 0 Å². The Bertz CT molecular complexity index is 322. The van der Waals surface area contributed by atoms with Crippen LogP contribution < -0.4 is 4.90 Å². The van der Waals surface area contributed by atoms with Crippen molar-refractivity contribution in [3.05, 3.63) is 29.6 Å². The normalized spacial score (nSPS) is 10.5. The molecule has 1 rings (SSSR count). The van der Waals surface area contributed by atoms with Crippen molar-refractivity contribution in [2.45, 2.75) is 32.0 Å². The van der Waals surface area contributed by atoms with E-state index in [2.05, 4.69) is 34.7 Å². The first kappa shape index (κ1) is 13.5. The Morgan fingerprint density at radius 3 is 2.31 bits per heavy atom. The minimum Gasteiger partial charge on any atom is -0.371 e. The minimum absolute atomic E-state index is 0.119. The first-order valence-electron chi connectivity index (χ1n) is 5.82. The molecule has 1 nitrogen and oxygen atoms in total. The highest BCUT2D eigenvalue weighted by Crippen LogP contribution is 2.25. The highest BCUT2D eigenvalue weighted by Gasteiger charge is 2.12. The van der Waals surface area contributed by atoms with Crippen molar-refractivity contribution in [2.24, 2.45) is 0 Å². The lowest BCUT2D eigenvalue weighted by Gasteiger charge is -2.26. The van der Waals surface area contributed by atoms with Crippen LogP contribution in [0.3, 0.4) is 0 Å². The molecule has 0 aromatic heterocycles. The number of hydrogen-bond acceptors (Lipinski definition) is 1. The van der Waals surface area contributed by atoms with E-state index in [1.807, 2.05) is 6.07 Å². The second kappa shape index (κ2) is 6.89. The van der Waals surface area contributed by atoms with Crippen molar-refractivity contribution in [3.8, 4) is 0 Å². The van der Waals surface area contributed by atoms with Crippen molar-refractivity contribution in [2.75, 3.05) is 18.0 Å². The zero-order chi connectivity index (χ0) is 12.0. The Morgan fingerprint density at radius 1 is 1.19 bits per heavy atom. The van der Waals surface area contributed by atoms with E-state index >= 15 is 0 Å². The number of halogens is 2. The fourth-order valence-electron chi connectivity index (χ4n) is 1.87. The molecule has 0 atom stereocenters. The molecule has 0 fully saturated rings. The molecule has 0 saturated carbocycles. The lowest BCUT2D eigenvalue weighted by Crippen LogP contribution is -2.26. The smallest absolute Gasteiger partial charge is 0.129 e. The molecule has 0 heterocycles. The summed E-state index contributed by atoms with van der Waals surface area (Å²) in [4.78, 5) is 2.26. The predicted octanol–water partition coefficient (Wildman–Crippen LogP) is 4.35. The van der Waals surface area contributed by atoms with Crippen LogP contribution in [0.25, 0.3) is 0 Å². The Labute approximate surface area is 106 Å². The van der Waals surface area contributed by atoms with Gasteiger partial charge in [-0.1, -0.05) is 35.8 Å². The van der Waals surface area contributed by atoms with Crippen molar-refractivity contribution >= 4 is 21.6 Å². The number of nitrogens with zero attached hydrogens (tertiary/aromatic N) is 1. The predicted molar refractivity (Wildman–Crippen MR) is 71.8 cm³/mol. The number of rotatable bonds is 6. The van der Waals surface area contributed by atoms with E-state index in [9.17, 15) is 4.39 Å². The molecule has 1 aromatic carbocycles. The van der Waals surface area contributed by atoms with E-state index in [1.165, 1.54) is 6.07 Å². The molecule has 0 saturated heterocycles. The van der Waals surface area contributed by atoms with Gasteiger partial charge in [-0.15, -0.1) is 0 Å². The molecule has 0 radical (unpaired) electrons. The van der Waals surface area contributed by atoms with E-state index < -0.39 is 0 Å². The van der Waals surface area contributed by atoms with Crippen LogP contribution in [0.5, 0.6) is 0 Å². The van der Waals surface area contributed by atoms with Crippen molar-refractivity contribution < 1.29 is 4.39 Å². The lowest BCUT2D eigenvalue weighted by atomic mass is 10.1. The summed E-state index contributed by atoms with van der Waals surface area (Å²) >= 11 is 3.36. The van der Waals surface area contributed by atoms with E-state index in [0.717, 1.165) is 37.2 Å². The second-order valence-corrected chi connectivity index (χ2v) is 4.42. The molecule has 0 N–H and O–H groups in total. The molecule has 0 bridgehead atoms. The van der Waals surface area contributed by atoms with Gasteiger partial charge < -0.3 is 4.90 Å². The maximum absolute atomic E-state index is 13.6. The largest absolute Gasteiger partial charge is 0.371 e. The molecule has 0 aliphatic heterocycles. The third-order valence-corrected chi connectivity index (χ3v) is 3.12. The van der Waals surface area contributed by atoms with E-state index in [-0.39, 0.29) is 5.82 Å². The molecular formula is C13H19BrFN. The van der Waals surface area contributed by atoms with Gasteiger partial charge in [0.25, 0.3) is 0 Å². The zero-order valence-corrected chi connectivity index (χ0v) is 11.6. The molecule has 0 aliphatic carbocycles. The first-order chi connectivity index (χ1) is 7.74. The number of benzene rings is 1. The summed E-state index contributed by atoms with van der Waals surface area (Å²) in [5.41, 5.74) is 1.80. The Morgan fingerprint density at radius 2 is 1.81 bits per heavy atom. The van der Waals surface area contributed by atoms with Crippen molar-refractivity contribution in [1.29, 1.82) is 0 Å². The van der Waals surface area contributed by atoms with Gasteiger partial charge in [-0.25, -0.2) is 4.39 Å². The number of alkyl halides is 1. The van der Waals surface area contributed by atoms with Gasteiger partial charge in [0.05, 0.1) is 0 Å². The molecule has 16 heavy (non-hydrogen) atoms. The number of hydrogen-bond donors (Lipinski definition) is 0. The van der Waals surface area contributed by atoms with Gasteiger partial charge in [-0.05, 0) is 25.0 Å². The lowest BCUT2D eigenvalue weighted by molar-refractivity contribution is 0.615. The fraction of sp³-hybridized carbons (Fsp3) is 0.538. The van der Waals surface area contributed by atoms with Crippen LogP contribution in [0.1, 0.15) is 32.3 Å². The molecular weight excluding hydrogens is 269 g/mol. The summed E-state index contributed by atoms with van der Waals surface area (Å²) in [6.07, 6.45) is 2.16. The van der Waals surface area contributed by atoms with Gasteiger partial charge in [0, 0.05) is 29.7 Å². The van der Waals surface area contributed by atoms with Crippen LogP contribution >= 0.6 is 15.9 Å². The topological polar surface area (TPSA) is 3.24 Å². The molecule has 0 unspecified atom stereocenters. The highest BCUT2D eigenvalue weighted by molar-refractivity contribution is 9.08. The minimum atomic E-state index is -0.119. The Kier molecular flexibility index (Phi) is 5.81. The van der Waals surface area contributed by atoms with Gasteiger partial charge in [-0.3, -0.25) is 0 Å². The molecule has 0 spiro atoms. The zero-order valence-electron chi connectivity index (χ0n) is 9.97. The maximum Gasteiger partial charge on any atom is 0.129 e. The summed E-state index contributed by atoms with van der Waals surface area (Å²) in [7, 11) is 0. The maximum atomic E-state index is 13.6. The van der Waals surface area contributed by atoms with Gasteiger partial charge in [0.1, 0.15) is 5.82 Å². The second-order valence-electron chi connectivity index (χ2n) is 3.86. The average molecular weight is 288 g/mol. The summed E-state index contributed by atoms with van der Waals surface area (Å²) in [5, 5.41) is 0.568. The van der Waals surface area contributed by atoms with Gasteiger partial charge in [0.15, 0.2) is 0 Å². The van der Waals surface area contributed by atoms with Crippen LogP contribution in [-0.4, -0.2) is 13.1 Å².